The smallest absolute Gasteiger partial charge is 0.263 e. The maximum Gasteiger partial charge on any atom is 0.263 e. The zero-order valence-electron chi connectivity index (χ0n) is 13.4. The summed E-state index contributed by atoms with van der Waals surface area (Å²) in [5.74, 6) is 1.89. The zero-order valence-corrected chi connectivity index (χ0v) is 14.2. The number of carbonyl (C=O) groups is 1. The predicted molar refractivity (Wildman–Crippen MR) is 87.4 cm³/mol. The predicted octanol–water partition coefficient (Wildman–Crippen LogP) is 3.00. The van der Waals surface area contributed by atoms with Crippen LogP contribution < -0.4 is 0 Å². The second-order valence-corrected chi connectivity index (χ2v) is 6.99. The number of piperidine rings is 1. The van der Waals surface area contributed by atoms with Gasteiger partial charge in [-0.15, -0.1) is 11.3 Å². The molecule has 3 heterocycles. The quantitative estimate of drug-likeness (QED) is 0.874. The summed E-state index contributed by atoms with van der Waals surface area (Å²) >= 11 is 1.61. The third-order valence-corrected chi connectivity index (χ3v) is 5.38. The molecule has 0 N–H and O–H groups in total. The van der Waals surface area contributed by atoms with Crippen molar-refractivity contribution < 1.29 is 4.79 Å². The van der Waals surface area contributed by atoms with Crippen LogP contribution in [0.1, 0.15) is 52.0 Å². The molecule has 1 atom stereocenters. The van der Waals surface area contributed by atoms with Gasteiger partial charge in [0.1, 0.15) is 11.6 Å². The lowest BCUT2D eigenvalue weighted by Gasteiger charge is -2.32. The summed E-state index contributed by atoms with van der Waals surface area (Å²) in [5.41, 5.74) is 0. The Morgan fingerprint density at radius 2 is 2.23 bits per heavy atom. The minimum atomic E-state index is 0.156. The van der Waals surface area contributed by atoms with Crippen LogP contribution in [0.2, 0.25) is 0 Å². The summed E-state index contributed by atoms with van der Waals surface area (Å²) in [6, 6.07) is 4.26. The number of amides is 1. The number of thiophene rings is 1. The maximum absolute atomic E-state index is 12.7. The molecule has 1 saturated heterocycles. The van der Waals surface area contributed by atoms with Crippen LogP contribution in [-0.4, -0.2) is 38.7 Å². The van der Waals surface area contributed by atoms with Gasteiger partial charge in [-0.25, -0.2) is 9.67 Å². The van der Waals surface area contributed by atoms with Crippen molar-refractivity contribution in [3.05, 3.63) is 33.5 Å². The molecule has 1 aliphatic rings. The molecule has 0 unspecified atom stereocenters. The monoisotopic (exact) mass is 318 g/mol. The molecule has 2 aromatic rings. The minimum absolute atomic E-state index is 0.156. The van der Waals surface area contributed by atoms with E-state index >= 15 is 0 Å². The maximum atomic E-state index is 12.7. The number of carbonyl (C=O) groups excluding carboxylic acids is 1. The van der Waals surface area contributed by atoms with Crippen molar-refractivity contribution in [3.63, 3.8) is 0 Å². The molecule has 0 aliphatic carbocycles. The van der Waals surface area contributed by atoms with E-state index in [1.54, 1.807) is 11.3 Å². The summed E-state index contributed by atoms with van der Waals surface area (Å²) in [6.45, 7) is 7.57. The van der Waals surface area contributed by atoms with Gasteiger partial charge in [0, 0.05) is 18.0 Å². The molecule has 2 aromatic heterocycles. The van der Waals surface area contributed by atoms with Crippen LogP contribution in [0.15, 0.2) is 12.1 Å². The van der Waals surface area contributed by atoms with Crippen LogP contribution in [0.3, 0.4) is 0 Å². The fourth-order valence-corrected chi connectivity index (χ4v) is 3.97. The highest BCUT2D eigenvalue weighted by Gasteiger charge is 2.27. The first-order chi connectivity index (χ1) is 10.6. The Kier molecular flexibility index (Phi) is 4.29. The SMILES string of the molecule is CCc1ccc(C(=O)N2CCC[C@@H](n3nc(C)nc3C)C2)s1. The van der Waals surface area contributed by atoms with Crippen LogP contribution in [0.5, 0.6) is 0 Å². The molecule has 0 radical (unpaired) electrons. The van der Waals surface area contributed by atoms with E-state index in [-0.39, 0.29) is 11.9 Å². The molecule has 118 valence electrons. The van der Waals surface area contributed by atoms with Gasteiger partial charge in [0.05, 0.1) is 10.9 Å². The number of hydrogen-bond donors (Lipinski definition) is 0. The highest BCUT2D eigenvalue weighted by atomic mass is 32.1. The van der Waals surface area contributed by atoms with Gasteiger partial charge in [-0.05, 0) is 45.2 Å². The number of hydrogen-bond acceptors (Lipinski definition) is 4. The van der Waals surface area contributed by atoms with E-state index in [4.69, 9.17) is 0 Å². The molecule has 5 nitrogen and oxygen atoms in total. The number of aromatic nitrogens is 3. The van der Waals surface area contributed by atoms with Crippen molar-refractivity contribution in [1.29, 1.82) is 0 Å². The summed E-state index contributed by atoms with van der Waals surface area (Å²) in [6.07, 6.45) is 3.05. The van der Waals surface area contributed by atoms with Crippen molar-refractivity contribution in [2.24, 2.45) is 0 Å². The topological polar surface area (TPSA) is 51.0 Å². The normalized spacial score (nSPS) is 18.7. The summed E-state index contributed by atoms with van der Waals surface area (Å²) < 4.78 is 1.99. The van der Waals surface area contributed by atoms with Gasteiger partial charge in [-0.1, -0.05) is 6.92 Å². The Labute approximate surface area is 135 Å². The molecule has 22 heavy (non-hydrogen) atoms. The van der Waals surface area contributed by atoms with E-state index < -0.39 is 0 Å². The highest BCUT2D eigenvalue weighted by Crippen LogP contribution is 2.25. The summed E-state index contributed by atoms with van der Waals surface area (Å²) in [4.78, 5) is 21.1. The van der Waals surface area contributed by atoms with Gasteiger partial charge in [-0.2, -0.15) is 5.10 Å². The average Bonchev–Trinajstić information content (AvgIpc) is 3.13. The Hall–Kier alpha value is -1.69. The highest BCUT2D eigenvalue weighted by molar-refractivity contribution is 7.14. The van der Waals surface area contributed by atoms with Crippen LogP contribution >= 0.6 is 11.3 Å². The van der Waals surface area contributed by atoms with Gasteiger partial charge in [0.25, 0.3) is 5.91 Å². The van der Waals surface area contributed by atoms with Crippen molar-refractivity contribution in [2.45, 2.75) is 46.1 Å². The number of nitrogens with zero attached hydrogens (tertiary/aromatic N) is 4. The third kappa shape index (κ3) is 2.92. The fourth-order valence-electron chi connectivity index (χ4n) is 3.06. The molecule has 1 fully saturated rings. The lowest BCUT2D eigenvalue weighted by molar-refractivity contribution is 0.0676. The van der Waals surface area contributed by atoms with Crippen LogP contribution in [0, 0.1) is 13.8 Å². The molecule has 0 saturated carbocycles. The van der Waals surface area contributed by atoms with Gasteiger partial charge in [0.2, 0.25) is 0 Å². The molecular weight excluding hydrogens is 296 g/mol. The van der Waals surface area contributed by atoms with Crippen molar-refractivity contribution in [3.8, 4) is 0 Å². The van der Waals surface area contributed by atoms with Gasteiger partial charge in [0.15, 0.2) is 0 Å². The Morgan fingerprint density at radius 1 is 1.41 bits per heavy atom. The van der Waals surface area contributed by atoms with E-state index in [0.29, 0.717) is 0 Å². The number of likely N-dealkylation sites (tertiary alicyclic amines) is 1. The molecule has 0 bridgehead atoms. The first-order valence-electron chi connectivity index (χ1n) is 7.86. The molecule has 3 rings (SSSR count). The van der Waals surface area contributed by atoms with Crippen LogP contribution in [-0.2, 0) is 6.42 Å². The van der Waals surface area contributed by atoms with Crippen LogP contribution in [0.4, 0.5) is 0 Å². The number of aryl methyl sites for hydroxylation is 3. The van der Waals surface area contributed by atoms with Gasteiger partial charge >= 0.3 is 0 Å². The Bertz CT molecular complexity index is 675. The Morgan fingerprint density at radius 3 is 2.86 bits per heavy atom. The lowest BCUT2D eigenvalue weighted by Crippen LogP contribution is -2.40. The zero-order chi connectivity index (χ0) is 15.7. The van der Waals surface area contributed by atoms with Crippen molar-refractivity contribution >= 4 is 17.2 Å². The summed E-state index contributed by atoms with van der Waals surface area (Å²) in [7, 11) is 0. The van der Waals surface area contributed by atoms with Crippen LogP contribution in [0.25, 0.3) is 0 Å². The van der Waals surface area contributed by atoms with Crippen molar-refractivity contribution in [1.82, 2.24) is 19.7 Å². The Balaban J connectivity index is 1.75. The second kappa shape index (κ2) is 6.20. The summed E-state index contributed by atoms with van der Waals surface area (Å²) in [5, 5.41) is 4.49. The molecular formula is C16H22N4OS. The van der Waals surface area contributed by atoms with Crippen molar-refractivity contribution in [2.75, 3.05) is 13.1 Å². The molecule has 6 heteroatoms. The molecule has 0 spiro atoms. The number of rotatable bonds is 3. The fraction of sp³-hybridized carbons (Fsp3) is 0.562. The first-order valence-corrected chi connectivity index (χ1v) is 8.68. The second-order valence-electron chi connectivity index (χ2n) is 5.82. The minimum Gasteiger partial charge on any atom is -0.336 e. The van der Waals surface area contributed by atoms with E-state index in [1.165, 1.54) is 4.88 Å². The van der Waals surface area contributed by atoms with Gasteiger partial charge < -0.3 is 4.90 Å². The third-order valence-electron chi connectivity index (χ3n) is 4.16. The molecule has 0 aromatic carbocycles. The van der Waals surface area contributed by atoms with E-state index in [2.05, 4.69) is 23.1 Å². The van der Waals surface area contributed by atoms with E-state index in [9.17, 15) is 4.79 Å². The average molecular weight is 318 g/mol. The van der Waals surface area contributed by atoms with E-state index in [1.807, 2.05) is 29.5 Å². The van der Waals surface area contributed by atoms with Gasteiger partial charge in [-0.3, -0.25) is 4.79 Å². The first kappa shape index (κ1) is 15.2. The largest absolute Gasteiger partial charge is 0.336 e. The van der Waals surface area contributed by atoms with E-state index in [0.717, 1.165) is 48.9 Å². The molecule has 1 amide bonds. The lowest BCUT2D eigenvalue weighted by atomic mass is 10.1. The molecule has 1 aliphatic heterocycles. The standard InChI is InChI=1S/C16H22N4OS/c1-4-14-7-8-15(22-14)16(21)19-9-5-6-13(10-19)20-12(3)17-11(2)18-20/h7-8,13H,4-6,9-10H2,1-3H3/t13-/m1/s1.